The molecule has 2 amide bonds. The summed E-state index contributed by atoms with van der Waals surface area (Å²) in [4.78, 5) is 29.2. The number of carbonyl (C=O) groups is 2. The molecule has 0 saturated heterocycles. The van der Waals surface area contributed by atoms with Crippen LogP contribution in [-0.2, 0) is 22.7 Å². The van der Waals surface area contributed by atoms with E-state index in [4.69, 9.17) is 0 Å². The maximum atomic E-state index is 13.3. The molecule has 0 heterocycles. The maximum absolute atomic E-state index is 13.3. The van der Waals surface area contributed by atoms with Gasteiger partial charge in [0.1, 0.15) is 0 Å². The number of nitrogens with zero attached hydrogens (tertiary/aromatic N) is 2. The molecular weight excluding hydrogens is 374 g/mol. The summed E-state index contributed by atoms with van der Waals surface area (Å²) in [5.41, 5.74) is 3.93. The van der Waals surface area contributed by atoms with Gasteiger partial charge >= 0.3 is 0 Å². The smallest absolute Gasteiger partial charge is 0.226 e. The van der Waals surface area contributed by atoms with Crippen LogP contribution in [0.1, 0.15) is 51.2 Å². The number of nitrogens with one attached hydrogen (secondary N) is 1. The fourth-order valence-corrected chi connectivity index (χ4v) is 3.59. The van der Waals surface area contributed by atoms with Gasteiger partial charge in [-0.25, -0.2) is 0 Å². The number of carbonyl (C=O) groups excluding carboxylic acids is 2. The average molecular weight is 410 g/mol. The van der Waals surface area contributed by atoms with Crippen molar-refractivity contribution < 1.29 is 9.59 Å². The minimum atomic E-state index is -0.0206. The molecule has 0 spiro atoms. The van der Waals surface area contributed by atoms with Gasteiger partial charge in [-0.2, -0.15) is 0 Å². The van der Waals surface area contributed by atoms with Crippen LogP contribution in [0, 0.1) is 5.92 Å². The second kappa shape index (κ2) is 11.4. The van der Waals surface area contributed by atoms with Gasteiger partial charge in [-0.1, -0.05) is 51.1 Å². The minimum Gasteiger partial charge on any atom is -0.377 e. The molecule has 0 aliphatic carbocycles. The zero-order chi connectivity index (χ0) is 22.1. The van der Waals surface area contributed by atoms with E-state index in [1.807, 2.05) is 67.2 Å². The molecule has 0 unspecified atom stereocenters. The number of rotatable bonds is 10. The molecule has 0 bridgehead atoms. The van der Waals surface area contributed by atoms with Gasteiger partial charge in [0.2, 0.25) is 11.8 Å². The number of anilines is 2. The molecule has 2 aromatic carbocycles. The van der Waals surface area contributed by atoms with E-state index in [0.717, 1.165) is 35.3 Å². The largest absolute Gasteiger partial charge is 0.377 e. The minimum absolute atomic E-state index is 0.0134. The lowest BCUT2D eigenvalue weighted by molar-refractivity contribution is -0.137. The van der Waals surface area contributed by atoms with Crippen LogP contribution in [0.25, 0.3) is 0 Å². The van der Waals surface area contributed by atoms with Crippen LogP contribution in [0.2, 0.25) is 0 Å². The Labute approximate surface area is 181 Å². The van der Waals surface area contributed by atoms with E-state index >= 15 is 0 Å². The van der Waals surface area contributed by atoms with Crippen molar-refractivity contribution in [3.8, 4) is 0 Å². The predicted octanol–water partition coefficient (Wildman–Crippen LogP) is 5.07. The fourth-order valence-electron chi connectivity index (χ4n) is 3.59. The van der Waals surface area contributed by atoms with E-state index in [2.05, 4.69) is 31.3 Å². The quantitative estimate of drug-likeness (QED) is 0.596. The first-order chi connectivity index (χ1) is 14.4. The molecule has 0 saturated carbocycles. The Morgan fingerprint density at radius 3 is 2.17 bits per heavy atom. The first-order valence-electron chi connectivity index (χ1n) is 10.8. The lowest BCUT2D eigenvalue weighted by atomic mass is 10.0. The fraction of sp³-hybridized carbons (Fsp3) is 0.440. The monoisotopic (exact) mass is 409 g/mol. The van der Waals surface area contributed by atoms with Crippen LogP contribution in [0.15, 0.2) is 48.5 Å². The number of amides is 2. The van der Waals surface area contributed by atoms with E-state index < -0.39 is 0 Å². The van der Waals surface area contributed by atoms with Gasteiger partial charge < -0.3 is 15.1 Å². The molecule has 0 aromatic heterocycles. The van der Waals surface area contributed by atoms with Crippen LogP contribution in [0.3, 0.4) is 0 Å². The van der Waals surface area contributed by atoms with Gasteiger partial charge in [-0.05, 0) is 42.2 Å². The third-order valence-electron chi connectivity index (χ3n) is 5.39. The highest BCUT2D eigenvalue weighted by atomic mass is 16.2. The Morgan fingerprint density at radius 2 is 1.60 bits per heavy atom. The summed E-state index contributed by atoms with van der Waals surface area (Å²) in [6.45, 7) is 7.03. The van der Waals surface area contributed by atoms with Crippen molar-refractivity contribution in [2.24, 2.45) is 5.92 Å². The molecule has 30 heavy (non-hydrogen) atoms. The van der Waals surface area contributed by atoms with E-state index in [1.54, 1.807) is 0 Å². The molecule has 162 valence electrons. The SMILES string of the molecule is CCC(=O)Nc1ccc(N(C)C)c(CN(Cc2ccccc2)C(=O)C(CC)CC)c1. The van der Waals surface area contributed by atoms with E-state index in [1.165, 1.54) is 0 Å². The highest BCUT2D eigenvalue weighted by Crippen LogP contribution is 2.26. The van der Waals surface area contributed by atoms with Crippen molar-refractivity contribution in [3.05, 3.63) is 59.7 Å². The summed E-state index contributed by atoms with van der Waals surface area (Å²) < 4.78 is 0. The Morgan fingerprint density at radius 1 is 0.933 bits per heavy atom. The summed E-state index contributed by atoms with van der Waals surface area (Å²) in [7, 11) is 3.99. The maximum Gasteiger partial charge on any atom is 0.226 e. The van der Waals surface area contributed by atoms with Crippen LogP contribution in [-0.4, -0.2) is 30.8 Å². The van der Waals surface area contributed by atoms with Gasteiger partial charge in [-0.15, -0.1) is 0 Å². The summed E-state index contributed by atoms with van der Waals surface area (Å²) in [5, 5.41) is 2.93. The molecule has 1 N–H and O–H groups in total. The molecule has 5 heteroatoms. The standard InChI is InChI=1S/C25H35N3O2/c1-6-20(7-2)25(30)28(17-19-12-10-9-11-13-19)18-21-16-22(26-24(29)8-3)14-15-23(21)27(4)5/h9-16,20H,6-8,17-18H2,1-5H3,(H,26,29). The van der Waals surface area contributed by atoms with E-state index in [9.17, 15) is 9.59 Å². The summed E-state index contributed by atoms with van der Waals surface area (Å²) in [6, 6.07) is 16.0. The Balaban J connectivity index is 2.39. The van der Waals surface area contributed by atoms with Crippen molar-refractivity contribution in [1.29, 1.82) is 0 Å². The topological polar surface area (TPSA) is 52.7 Å². The molecule has 0 aliphatic heterocycles. The molecule has 5 nitrogen and oxygen atoms in total. The van der Waals surface area contributed by atoms with Crippen LogP contribution in [0.4, 0.5) is 11.4 Å². The number of hydrogen-bond donors (Lipinski definition) is 1. The molecule has 2 aromatic rings. The predicted molar refractivity (Wildman–Crippen MR) is 124 cm³/mol. The summed E-state index contributed by atoms with van der Waals surface area (Å²) >= 11 is 0. The zero-order valence-electron chi connectivity index (χ0n) is 18.9. The van der Waals surface area contributed by atoms with Gasteiger partial charge in [0.15, 0.2) is 0 Å². The van der Waals surface area contributed by atoms with Crippen LogP contribution in [0.5, 0.6) is 0 Å². The van der Waals surface area contributed by atoms with Crippen molar-refractivity contribution in [2.45, 2.75) is 53.1 Å². The third kappa shape index (κ3) is 6.34. The van der Waals surface area contributed by atoms with Crippen LogP contribution < -0.4 is 10.2 Å². The molecule has 0 radical (unpaired) electrons. The lowest BCUT2D eigenvalue weighted by Gasteiger charge is -2.29. The lowest BCUT2D eigenvalue weighted by Crippen LogP contribution is -2.35. The molecule has 0 atom stereocenters. The first kappa shape index (κ1) is 23.5. The van der Waals surface area contributed by atoms with Crippen molar-refractivity contribution in [2.75, 3.05) is 24.3 Å². The van der Waals surface area contributed by atoms with Crippen molar-refractivity contribution >= 4 is 23.2 Å². The van der Waals surface area contributed by atoms with Gasteiger partial charge in [-0.3, -0.25) is 9.59 Å². The highest BCUT2D eigenvalue weighted by Gasteiger charge is 2.23. The first-order valence-corrected chi connectivity index (χ1v) is 10.8. The molecule has 0 aliphatic rings. The van der Waals surface area contributed by atoms with Gasteiger partial charge in [0.25, 0.3) is 0 Å². The third-order valence-corrected chi connectivity index (χ3v) is 5.39. The highest BCUT2D eigenvalue weighted by molar-refractivity contribution is 5.91. The molecule has 2 rings (SSSR count). The second-order valence-electron chi connectivity index (χ2n) is 7.83. The van der Waals surface area contributed by atoms with Gasteiger partial charge in [0, 0.05) is 50.9 Å². The van der Waals surface area contributed by atoms with E-state index in [0.29, 0.717) is 19.5 Å². The number of hydrogen-bond acceptors (Lipinski definition) is 3. The molecular formula is C25H35N3O2. The Bertz CT molecular complexity index is 830. The Hall–Kier alpha value is -2.82. The van der Waals surface area contributed by atoms with Crippen molar-refractivity contribution in [1.82, 2.24) is 4.90 Å². The Kier molecular flexibility index (Phi) is 8.90. The van der Waals surface area contributed by atoms with Crippen LogP contribution >= 0.6 is 0 Å². The van der Waals surface area contributed by atoms with Crippen molar-refractivity contribution in [3.63, 3.8) is 0 Å². The normalized spacial score (nSPS) is 10.7. The van der Waals surface area contributed by atoms with E-state index in [-0.39, 0.29) is 17.7 Å². The number of benzene rings is 2. The second-order valence-corrected chi connectivity index (χ2v) is 7.83. The summed E-state index contributed by atoms with van der Waals surface area (Å²) in [5.74, 6) is 0.170. The summed E-state index contributed by atoms with van der Waals surface area (Å²) in [6.07, 6.45) is 2.08. The van der Waals surface area contributed by atoms with Gasteiger partial charge in [0.05, 0.1) is 0 Å². The zero-order valence-corrected chi connectivity index (χ0v) is 18.9. The molecule has 0 fully saturated rings. The average Bonchev–Trinajstić information content (AvgIpc) is 2.74.